The quantitative estimate of drug-likeness (QED) is 0.150. The van der Waals surface area contributed by atoms with Gasteiger partial charge in [-0.05, 0) is 62.1 Å². The molecule has 1 aliphatic heterocycles. The lowest BCUT2D eigenvalue weighted by molar-refractivity contribution is -0.143. The van der Waals surface area contributed by atoms with Gasteiger partial charge in [-0.1, -0.05) is 79.9 Å². The predicted molar refractivity (Wildman–Crippen MR) is 168 cm³/mol. The number of aldehydes is 1. The Morgan fingerprint density at radius 2 is 1.83 bits per heavy atom. The molecule has 0 bridgehead atoms. The lowest BCUT2D eigenvalue weighted by Crippen LogP contribution is -2.59. The highest BCUT2D eigenvalue weighted by Crippen LogP contribution is 2.63. The number of carbonyl (C=O) groups is 2. The number of aliphatic carboxylic acids is 1. The molecule has 2 aromatic carbocycles. The first kappa shape index (κ1) is 32.3. The van der Waals surface area contributed by atoms with Crippen molar-refractivity contribution in [3.05, 3.63) is 63.4 Å². The van der Waals surface area contributed by atoms with E-state index >= 15 is 4.39 Å². The number of benzene rings is 2. The van der Waals surface area contributed by atoms with Crippen molar-refractivity contribution in [2.24, 2.45) is 0 Å². The summed E-state index contributed by atoms with van der Waals surface area (Å²) in [5.74, 6) is -0.107. The van der Waals surface area contributed by atoms with Crippen LogP contribution in [-0.2, 0) is 15.0 Å². The number of carbonyl (C=O) groups excluding carboxylic acids is 1. The molecule has 1 saturated carbocycles. The minimum absolute atomic E-state index is 0.0978. The summed E-state index contributed by atoms with van der Waals surface area (Å²) >= 11 is 12.8. The van der Waals surface area contributed by atoms with Gasteiger partial charge in [-0.15, -0.1) is 12.3 Å². The zero-order valence-corrected chi connectivity index (χ0v) is 26.1. The Hall–Kier alpha value is -2.59. The van der Waals surface area contributed by atoms with Gasteiger partial charge in [0.2, 0.25) is 0 Å². The summed E-state index contributed by atoms with van der Waals surface area (Å²) < 4.78 is 15.9. The Bertz CT molecular complexity index is 1320. The van der Waals surface area contributed by atoms with Crippen LogP contribution in [0.15, 0.2) is 36.4 Å². The van der Waals surface area contributed by atoms with Crippen LogP contribution in [0.1, 0.15) is 87.7 Å². The molecule has 2 unspecified atom stereocenters. The summed E-state index contributed by atoms with van der Waals surface area (Å²) in [6, 6.07) is 8.97. The molecule has 4 rings (SSSR count). The maximum Gasteiger partial charge on any atom is 0.321 e. The zero-order chi connectivity index (χ0) is 30.5. The number of likely N-dealkylation sites (tertiary alicyclic amines) is 1. The first-order chi connectivity index (χ1) is 20.2. The fraction of sp³-hybridized carbons (Fsp3) is 0.529. The summed E-state index contributed by atoms with van der Waals surface area (Å²) in [5, 5.41) is 11.1. The van der Waals surface area contributed by atoms with Crippen LogP contribution in [0.2, 0.25) is 10.0 Å². The number of anilines is 1. The third-order valence-electron chi connectivity index (χ3n) is 9.74. The van der Waals surface area contributed by atoms with E-state index in [2.05, 4.69) is 10.8 Å². The van der Waals surface area contributed by atoms with Crippen molar-refractivity contribution in [1.29, 1.82) is 0 Å². The van der Waals surface area contributed by atoms with Gasteiger partial charge in [0.05, 0.1) is 10.4 Å². The summed E-state index contributed by atoms with van der Waals surface area (Å²) in [4.78, 5) is 30.9. The summed E-state index contributed by atoms with van der Waals surface area (Å²) in [7, 11) is 3.76. The lowest BCUT2D eigenvalue weighted by Gasteiger charge is -2.51. The van der Waals surface area contributed by atoms with Crippen LogP contribution in [-0.4, -0.2) is 54.5 Å². The largest absolute Gasteiger partial charge is 0.480 e. The van der Waals surface area contributed by atoms with Gasteiger partial charge in [-0.25, -0.2) is 4.39 Å². The van der Waals surface area contributed by atoms with E-state index in [1.54, 1.807) is 25.2 Å². The van der Waals surface area contributed by atoms with Crippen molar-refractivity contribution in [3.8, 4) is 12.3 Å². The van der Waals surface area contributed by atoms with Crippen LogP contribution in [0.25, 0.3) is 0 Å². The highest BCUT2D eigenvalue weighted by Gasteiger charge is 2.70. The van der Waals surface area contributed by atoms with Crippen molar-refractivity contribution in [2.45, 2.75) is 93.5 Å². The van der Waals surface area contributed by atoms with E-state index in [9.17, 15) is 14.7 Å². The van der Waals surface area contributed by atoms with Gasteiger partial charge < -0.3 is 14.8 Å². The van der Waals surface area contributed by atoms with E-state index < -0.39 is 34.7 Å². The second-order valence-corrected chi connectivity index (χ2v) is 12.7. The molecule has 1 aliphatic carbocycles. The van der Waals surface area contributed by atoms with Crippen LogP contribution >= 0.6 is 23.2 Å². The minimum Gasteiger partial charge on any atom is -0.480 e. The van der Waals surface area contributed by atoms with Gasteiger partial charge in [-0.2, -0.15) is 0 Å². The molecule has 1 spiro atoms. The summed E-state index contributed by atoms with van der Waals surface area (Å²) in [6.45, 7) is 0.721. The van der Waals surface area contributed by atoms with Crippen LogP contribution in [0.4, 0.5) is 10.1 Å². The average molecular weight is 616 g/mol. The van der Waals surface area contributed by atoms with Crippen molar-refractivity contribution in [3.63, 3.8) is 0 Å². The number of hydrogen-bond acceptors (Lipinski definition) is 4. The molecule has 42 heavy (non-hydrogen) atoms. The molecule has 2 aliphatic rings. The van der Waals surface area contributed by atoms with Crippen LogP contribution < -0.4 is 4.90 Å². The number of likely N-dealkylation sites (N-methyl/N-ethyl adjacent to an activating group) is 1. The van der Waals surface area contributed by atoms with Crippen LogP contribution in [0.5, 0.6) is 0 Å². The van der Waals surface area contributed by atoms with Crippen LogP contribution in [0.3, 0.4) is 0 Å². The van der Waals surface area contributed by atoms with E-state index in [0.717, 1.165) is 76.3 Å². The minimum atomic E-state index is -1.37. The fourth-order valence-corrected chi connectivity index (χ4v) is 8.12. The lowest BCUT2D eigenvalue weighted by atomic mass is 9.55. The number of halogens is 3. The third-order valence-corrected chi connectivity index (χ3v) is 10.3. The number of carboxylic acid groups (broad SMARTS) is 1. The second-order valence-electron chi connectivity index (χ2n) is 11.9. The maximum absolute atomic E-state index is 15.9. The van der Waals surface area contributed by atoms with Crippen molar-refractivity contribution in [2.75, 3.05) is 25.5 Å². The number of terminal acetylenes is 1. The van der Waals surface area contributed by atoms with Gasteiger partial charge in [0.15, 0.2) is 0 Å². The van der Waals surface area contributed by atoms with E-state index in [0.29, 0.717) is 23.4 Å². The summed E-state index contributed by atoms with van der Waals surface area (Å²) in [5.41, 5.74) is -0.623. The Kier molecular flexibility index (Phi) is 10.6. The predicted octanol–water partition coefficient (Wildman–Crippen LogP) is 7.86. The molecule has 2 fully saturated rings. The fourth-order valence-electron chi connectivity index (χ4n) is 7.77. The topological polar surface area (TPSA) is 60.9 Å². The Morgan fingerprint density at radius 1 is 1.14 bits per heavy atom. The second kappa shape index (κ2) is 13.8. The summed E-state index contributed by atoms with van der Waals surface area (Å²) in [6.07, 6.45) is 16.1. The van der Waals surface area contributed by atoms with Crippen molar-refractivity contribution in [1.82, 2.24) is 4.90 Å². The number of unbranched alkanes of at least 4 members (excludes halogenated alkanes) is 5. The molecule has 0 aromatic heterocycles. The van der Waals surface area contributed by atoms with Gasteiger partial charge in [0, 0.05) is 42.2 Å². The first-order valence-corrected chi connectivity index (χ1v) is 15.7. The SMILES string of the molecule is C#CCCCCCCCN(C)c1cc(Cl)ccc1C1(C=O)C(c2cccc(Cl)c2F)[C@H](C(=O)O)N(C)C12CCCCC2. The van der Waals surface area contributed by atoms with Crippen molar-refractivity contribution < 1.29 is 19.1 Å². The zero-order valence-electron chi connectivity index (χ0n) is 24.6. The smallest absolute Gasteiger partial charge is 0.321 e. The molecule has 0 radical (unpaired) electrons. The van der Waals surface area contributed by atoms with Crippen LogP contribution in [0, 0.1) is 18.2 Å². The van der Waals surface area contributed by atoms with Gasteiger partial charge >= 0.3 is 5.97 Å². The molecule has 1 heterocycles. The molecule has 0 amide bonds. The molecule has 2 aromatic rings. The Balaban J connectivity index is 1.88. The number of carboxylic acids is 1. The Morgan fingerprint density at radius 3 is 2.50 bits per heavy atom. The molecule has 5 nitrogen and oxygen atoms in total. The molecular weight excluding hydrogens is 574 g/mol. The highest BCUT2D eigenvalue weighted by molar-refractivity contribution is 6.31. The van der Waals surface area contributed by atoms with Gasteiger partial charge in [-0.3, -0.25) is 9.69 Å². The van der Waals surface area contributed by atoms with E-state index in [4.69, 9.17) is 29.6 Å². The van der Waals surface area contributed by atoms with E-state index in [1.807, 2.05) is 24.1 Å². The molecule has 3 atom stereocenters. The molecule has 8 heteroatoms. The first-order valence-electron chi connectivity index (χ1n) is 15.0. The molecule has 226 valence electrons. The Labute approximate surface area is 259 Å². The number of rotatable bonds is 12. The van der Waals surface area contributed by atoms with E-state index in [1.165, 1.54) is 6.07 Å². The molecular formula is C34H41Cl2FN2O3. The number of hydrogen-bond donors (Lipinski definition) is 1. The molecule has 1 N–H and O–H groups in total. The third kappa shape index (κ3) is 5.68. The standard InChI is InChI=1S/C34H41Cl2FN2O3/c1-4-5-6-7-8-9-13-21-38(2)28-22-24(35)17-18-26(28)34(23-40)29(25-15-14-16-27(36)30(25)37)31(32(41)42)39(3)33(34)19-11-10-12-20-33/h1,14-18,22-23,29,31H,5-13,19-21H2,2-3H3,(H,41,42)/t29?,31-,34?/m1/s1. The van der Waals surface area contributed by atoms with Crippen molar-refractivity contribution >= 4 is 41.1 Å². The average Bonchev–Trinajstić information content (AvgIpc) is 3.18. The van der Waals surface area contributed by atoms with E-state index in [-0.39, 0.29) is 10.6 Å². The maximum atomic E-state index is 15.9. The molecule has 1 saturated heterocycles. The normalized spacial score (nSPS) is 23.5. The van der Waals surface area contributed by atoms with Gasteiger partial charge in [0.1, 0.15) is 18.1 Å². The monoisotopic (exact) mass is 614 g/mol. The highest BCUT2D eigenvalue weighted by atomic mass is 35.5. The number of nitrogens with zero attached hydrogens (tertiary/aromatic N) is 2. The van der Waals surface area contributed by atoms with Gasteiger partial charge in [0.25, 0.3) is 0 Å².